The summed E-state index contributed by atoms with van der Waals surface area (Å²) in [6.45, 7) is 5.94. The van der Waals surface area contributed by atoms with Crippen molar-refractivity contribution in [1.82, 2.24) is 30.0 Å². The summed E-state index contributed by atoms with van der Waals surface area (Å²) in [6.07, 6.45) is 3.87. The first kappa shape index (κ1) is 31.0. The molecule has 2 aromatic carbocycles. The van der Waals surface area contributed by atoms with E-state index in [1.165, 1.54) is 4.90 Å². The first-order chi connectivity index (χ1) is 22.2. The van der Waals surface area contributed by atoms with Crippen LogP contribution in [-0.4, -0.2) is 81.9 Å². The minimum Gasteiger partial charge on any atom is -0.493 e. The van der Waals surface area contributed by atoms with Gasteiger partial charge < -0.3 is 33.9 Å². The maximum absolute atomic E-state index is 13.5. The Morgan fingerprint density at radius 2 is 1.91 bits per heavy atom. The molecule has 2 atom stereocenters. The number of amides is 2. The molecule has 1 fully saturated rings. The van der Waals surface area contributed by atoms with E-state index in [1.54, 1.807) is 31.4 Å². The minimum absolute atomic E-state index is 0.113. The van der Waals surface area contributed by atoms with Crippen LogP contribution in [-0.2, 0) is 23.2 Å². The molecule has 4 heterocycles. The third-order valence-electron chi connectivity index (χ3n) is 7.97. The summed E-state index contributed by atoms with van der Waals surface area (Å²) in [6, 6.07) is 16.4. The molecule has 2 amide bonds. The number of benzene rings is 2. The van der Waals surface area contributed by atoms with E-state index in [9.17, 15) is 9.59 Å². The molecule has 2 aromatic heterocycles. The molecule has 240 valence electrons. The van der Waals surface area contributed by atoms with Gasteiger partial charge in [0.15, 0.2) is 11.6 Å². The molecular weight excluding hydrogens is 586 g/mol. The summed E-state index contributed by atoms with van der Waals surface area (Å²) >= 11 is 0. The number of carbonyl (C=O) groups is 2. The highest BCUT2D eigenvalue weighted by molar-refractivity contribution is 5.97. The third kappa shape index (κ3) is 7.28. The number of likely N-dealkylation sites (N-methyl/N-ethyl adjacent to an activating group) is 1. The van der Waals surface area contributed by atoms with Gasteiger partial charge >= 0.3 is 0 Å². The summed E-state index contributed by atoms with van der Waals surface area (Å²) in [7, 11) is 3.53. The van der Waals surface area contributed by atoms with Crippen LogP contribution in [0.3, 0.4) is 0 Å². The number of carbonyl (C=O) groups excluding carboxylic acids is 2. The van der Waals surface area contributed by atoms with Gasteiger partial charge in [0.2, 0.25) is 5.91 Å². The van der Waals surface area contributed by atoms with Crippen molar-refractivity contribution in [1.29, 1.82) is 0 Å². The van der Waals surface area contributed by atoms with E-state index < -0.39 is 0 Å². The Hall–Kier alpha value is -4.97. The number of nitrogens with zero attached hydrogens (tertiary/aromatic N) is 6. The number of anilines is 1. The summed E-state index contributed by atoms with van der Waals surface area (Å²) in [5, 5.41) is 12.0. The smallest absolute Gasteiger partial charge is 0.254 e. The predicted octanol–water partition coefficient (Wildman–Crippen LogP) is 4.07. The van der Waals surface area contributed by atoms with E-state index in [2.05, 4.69) is 39.2 Å². The number of nitrogens with one attached hydrogen (secondary N) is 1. The normalized spacial score (nSPS) is 19.0. The Morgan fingerprint density at radius 1 is 1.04 bits per heavy atom. The summed E-state index contributed by atoms with van der Waals surface area (Å²) in [5.74, 6) is 2.79. The first-order valence-corrected chi connectivity index (χ1v) is 15.5. The number of rotatable bonds is 5. The Labute approximate surface area is 268 Å². The quantitative estimate of drug-likeness (QED) is 0.350. The number of hydrogen-bond donors (Lipinski definition) is 1. The number of fused-ring (bicyclic) bond motifs is 5. The molecule has 0 unspecified atom stereocenters. The largest absolute Gasteiger partial charge is 0.493 e. The lowest BCUT2D eigenvalue weighted by Crippen LogP contribution is -2.56. The molecule has 2 aliphatic rings. The van der Waals surface area contributed by atoms with Crippen LogP contribution in [0, 0.1) is 5.92 Å². The third-order valence-corrected chi connectivity index (χ3v) is 7.97. The van der Waals surface area contributed by atoms with Gasteiger partial charge in [-0.1, -0.05) is 26.0 Å². The number of ether oxygens (including phenoxy) is 3. The van der Waals surface area contributed by atoms with E-state index in [1.807, 2.05) is 54.2 Å². The molecule has 0 saturated carbocycles. The Morgan fingerprint density at radius 3 is 2.67 bits per heavy atom. The van der Waals surface area contributed by atoms with E-state index in [-0.39, 0.29) is 30.5 Å². The molecule has 0 aliphatic carbocycles. The second-order valence-corrected chi connectivity index (χ2v) is 12.2. The van der Waals surface area contributed by atoms with Crippen LogP contribution in [0.4, 0.5) is 5.82 Å². The lowest BCUT2D eigenvalue weighted by atomic mass is 10.0. The van der Waals surface area contributed by atoms with Crippen LogP contribution in [0.1, 0.15) is 36.2 Å². The van der Waals surface area contributed by atoms with E-state index in [4.69, 9.17) is 14.2 Å². The Balaban J connectivity index is 1.24. The highest BCUT2D eigenvalue weighted by Crippen LogP contribution is 2.30. The van der Waals surface area contributed by atoms with Crippen molar-refractivity contribution in [2.75, 3.05) is 38.2 Å². The maximum atomic E-state index is 13.5. The lowest BCUT2D eigenvalue weighted by Gasteiger charge is -2.39. The minimum atomic E-state index is -0.347. The molecule has 4 bridgehead atoms. The molecule has 6 rings (SSSR count). The van der Waals surface area contributed by atoms with Crippen LogP contribution < -0.4 is 19.7 Å². The van der Waals surface area contributed by atoms with Gasteiger partial charge in [-0.25, -0.2) is 4.98 Å². The Kier molecular flexibility index (Phi) is 9.16. The molecule has 12 nitrogen and oxygen atoms in total. The monoisotopic (exact) mass is 625 g/mol. The molecular formula is C34H39N7O5. The highest BCUT2D eigenvalue weighted by Gasteiger charge is 2.33. The second kappa shape index (κ2) is 13.6. The van der Waals surface area contributed by atoms with E-state index >= 15 is 0 Å². The van der Waals surface area contributed by atoms with Gasteiger partial charge in [-0.05, 0) is 54.3 Å². The molecule has 4 aromatic rings. The van der Waals surface area contributed by atoms with Gasteiger partial charge in [-0.3, -0.25) is 9.59 Å². The topological polar surface area (TPSA) is 124 Å². The molecule has 0 spiro atoms. The van der Waals surface area contributed by atoms with Crippen LogP contribution in [0.25, 0.3) is 11.5 Å². The van der Waals surface area contributed by atoms with Gasteiger partial charge in [0, 0.05) is 51.2 Å². The number of piperidine rings is 1. The van der Waals surface area contributed by atoms with Gasteiger partial charge in [-0.2, -0.15) is 0 Å². The fourth-order valence-electron chi connectivity index (χ4n) is 5.58. The molecule has 12 heteroatoms. The lowest BCUT2D eigenvalue weighted by molar-refractivity contribution is -0.123. The van der Waals surface area contributed by atoms with Gasteiger partial charge in [0.25, 0.3) is 5.91 Å². The summed E-state index contributed by atoms with van der Waals surface area (Å²) in [5.41, 5.74) is 1.97. The molecule has 1 N–H and O–H groups in total. The van der Waals surface area contributed by atoms with Crippen molar-refractivity contribution in [2.45, 2.75) is 39.0 Å². The zero-order valence-corrected chi connectivity index (χ0v) is 26.6. The van der Waals surface area contributed by atoms with E-state index in [0.717, 1.165) is 17.2 Å². The number of aromatic nitrogens is 4. The van der Waals surface area contributed by atoms with Crippen molar-refractivity contribution in [3.63, 3.8) is 0 Å². The van der Waals surface area contributed by atoms with Crippen molar-refractivity contribution in [3.8, 4) is 28.8 Å². The van der Waals surface area contributed by atoms with Crippen molar-refractivity contribution < 1.29 is 23.8 Å². The fraction of sp³-hybridized carbons (Fsp3) is 0.382. The van der Waals surface area contributed by atoms with Gasteiger partial charge in [0.05, 0.1) is 31.9 Å². The first-order valence-electron chi connectivity index (χ1n) is 15.5. The van der Waals surface area contributed by atoms with Crippen molar-refractivity contribution in [3.05, 3.63) is 78.1 Å². The zero-order valence-electron chi connectivity index (χ0n) is 26.6. The van der Waals surface area contributed by atoms with Crippen LogP contribution in [0.5, 0.6) is 17.2 Å². The SMILES string of the molecule is CC(C)COc1cc2cc(c1)C(=O)N(C)CC(=O)N[C@H]1CCN(c3ccc(-c4nccn4C)nn3)C[C@@H]1OCc1cccc(c1)O2. The van der Waals surface area contributed by atoms with Gasteiger partial charge in [-0.15, -0.1) is 10.2 Å². The second-order valence-electron chi connectivity index (χ2n) is 12.2. The standard InChI is InChI=1S/C34H39N7O5/c1-22(2)20-44-26-15-24-16-27(17-26)46-25-7-5-6-23(14-25)21-45-30-18-41(12-10-28(30)36-32(42)19-40(4)34(24)43)31-9-8-29(37-38-31)33-35-11-13-39(33)3/h5-9,11,13-17,22,28,30H,10,12,18-21H2,1-4H3,(H,36,42)/t28-,30-/m0/s1. The summed E-state index contributed by atoms with van der Waals surface area (Å²) < 4.78 is 20.5. The number of hydrogen-bond acceptors (Lipinski definition) is 9. The van der Waals surface area contributed by atoms with Crippen LogP contribution in [0.2, 0.25) is 0 Å². The fourth-order valence-corrected chi connectivity index (χ4v) is 5.58. The van der Waals surface area contributed by atoms with Crippen LogP contribution >= 0.6 is 0 Å². The number of imidazole rings is 1. The highest BCUT2D eigenvalue weighted by atomic mass is 16.5. The average Bonchev–Trinajstić information content (AvgIpc) is 3.48. The molecule has 1 saturated heterocycles. The average molecular weight is 626 g/mol. The zero-order chi connectivity index (χ0) is 32.2. The molecule has 2 aliphatic heterocycles. The molecule has 0 radical (unpaired) electrons. The van der Waals surface area contributed by atoms with Gasteiger partial charge in [0.1, 0.15) is 22.9 Å². The predicted molar refractivity (Wildman–Crippen MR) is 172 cm³/mol. The maximum Gasteiger partial charge on any atom is 0.254 e. The van der Waals surface area contributed by atoms with E-state index in [0.29, 0.717) is 67.1 Å². The summed E-state index contributed by atoms with van der Waals surface area (Å²) in [4.78, 5) is 34.6. The Bertz CT molecular complexity index is 1690. The van der Waals surface area contributed by atoms with Crippen LogP contribution in [0.15, 0.2) is 67.0 Å². The van der Waals surface area contributed by atoms with Crippen molar-refractivity contribution >= 4 is 17.6 Å². The van der Waals surface area contributed by atoms with Crippen molar-refractivity contribution in [2.24, 2.45) is 13.0 Å². The molecule has 46 heavy (non-hydrogen) atoms. The number of aryl methyl sites for hydroxylation is 1.